The smallest absolute Gasteiger partial charge is 0.222 e. The monoisotopic (exact) mass is 267 g/mol. The second kappa shape index (κ2) is 7.25. The Morgan fingerprint density at radius 3 is 2.63 bits per heavy atom. The Balaban J connectivity index is 1.71. The minimum atomic E-state index is 0.369. The Morgan fingerprint density at radius 2 is 1.84 bits per heavy atom. The molecule has 2 aliphatic rings. The van der Waals surface area contributed by atoms with Gasteiger partial charge in [0.2, 0.25) is 5.91 Å². The van der Waals surface area contributed by atoms with Crippen LogP contribution >= 0.6 is 0 Å². The Bertz CT molecular complexity index is 295. The van der Waals surface area contributed by atoms with Crippen LogP contribution < -0.4 is 5.73 Å². The molecule has 1 amide bonds. The Labute approximate surface area is 117 Å². The zero-order chi connectivity index (χ0) is 13.7. The molecule has 4 heteroatoms. The second-order valence-electron chi connectivity index (χ2n) is 6.13. The number of fused-ring (bicyclic) bond motifs is 2. The van der Waals surface area contributed by atoms with E-state index in [1.807, 2.05) is 0 Å². The van der Waals surface area contributed by atoms with E-state index in [-0.39, 0.29) is 0 Å². The fourth-order valence-corrected chi connectivity index (χ4v) is 3.47. The summed E-state index contributed by atoms with van der Waals surface area (Å²) in [6.45, 7) is 2.69. The summed E-state index contributed by atoms with van der Waals surface area (Å²) >= 11 is 0. The highest BCUT2D eigenvalue weighted by molar-refractivity contribution is 5.76. The van der Waals surface area contributed by atoms with Crippen LogP contribution in [0.3, 0.4) is 0 Å². The quantitative estimate of drug-likeness (QED) is 0.744. The van der Waals surface area contributed by atoms with Crippen molar-refractivity contribution in [3.05, 3.63) is 0 Å². The molecular weight excluding hydrogens is 238 g/mol. The molecule has 2 heterocycles. The molecule has 2 N–H and O–H groups in total. The molecule has 2 atom stereocenters. The first kappa shape index (κ1) is 14.8. The number of nitrogens with two attached hydrogens (primary N) is 1. The molecule has 0 spiro atoms. The molecule has 0 aliphatic carbocycles. The first-order valence-corrected chi connectivity index (χ1v) is 7.92. The van der Waals surface area contributed by atoms with Crippen molar-refractivity contribution in [2.45, 2.75) is 63.5 Å². The van der Waals surface area contributed by atoms with Crippen LogP contribution in [0.15, 0.2) is 0 Å². The standard InChI is InChI=1S/C15H29N3O/c1-17-13-7-8-14(17)12-18(11-9-13)15(19)6-4-2-3-5-10-16/h13-14H,2-12,16H2,1H3. The molecular formula is C15H29N3O. The molecule has 110 valence electrons. The molecule has 2 rings (SSSR count). The second-order valence-corrected chi connectivity index (χ2v) is 6.13. The number of likely N-dealkylation sites (N-methyl/N-ethyl adjacent to an activating group) is 1. The number of unbranched alkanes of at least 4 members (excludes halogenated alkanes) is 3. The van der Waals surface area contributed by atoms with E-state index in [1.54, 1.807) is 0 Å². The lowest BCUT2D eigenvalue weighted by Gasteiger charge is -2.25. The van der Waals surface area contributed by atoms with Crippen molar-refractivity contribution in [1.82, 2.24) is 9.80 Å². The highest BCUT2D eigenvalue weighted by Gasteiger charge is 2.35. The van der Waals surface area contributed by atoms with Gasteiger partial charge in [-0.05, 0) is 45.7 Å². The maximum absolute atomic E-state index is 12.2. The van der Waals surface area contributed by atoms with E-state index in [2.05, 4.69) is 16.8 Å². The highest BCUT2D eigenvalue weighted by atomic mass is 16.2. The van der Waals surface area contributed by atoms with Crippen LogP contribution in [0, 0.1) is 0 Å². The third-order valence-electron chi connectivity index (χ3n) is 4.85. The summed E-state index contributed by atoms with van der Waals surface area (Å²) in [7, 11) is 2.23. The lowest BCUT2D eigenvalue weighted by molar-refractivity contribution is -0.131. The third kappa shape index (κ3) is 3.93. The van der Waals surface area contributed by atoms with E-state index in [9.17, 15) is 4.79 Å². The largest absolute Gasteiger partial charge is 0.341 e. The fraction of sp³-hybridized carbons (Fsp3) is 0.933. The van der Waals surface area contributed by atoms with Gasteiger partial charge in [0.1, 0.15) is 0 Å². The minimum absolute atomic E-state index is 0.369. The van der Waals surface area contributed by atoms with Gasteiger partial charge in [-0.3, -0.25) is 9.69 Å². The lowest BCUT2D eigenvalue weighted by Crippen LogP contribution is -2.39. The van der Waals surface area contributed by atoms with E-state index in [0.29, 0.717) is 18.0 Å². The summed E-state index contributed by atoms with van der Waals surface area (Å²) in [5, 5.41) is 0. The summed E-state index contributed by atoms with van der Waals surface area (Å²) in [6.07, 6.45) is 8.90. The molecule has 0 aromatic heterocycles. The Morgan fingerprint density at radius 1 is 1.11 bits per heavy atom. The van der Waals surface area contributed by atoms with Crippen molar-refractivity contribution >= 4 is 5.91 Å². The van der Waals surface area contributed by atoms with Gasteiger partial charge in [-0.1, -0.05) is 12.8 Å². The van der Waals surface area contributed by atoms with Crippen molar-refractivity contribution in [2.24, 2.45) is 5.73 Å². The molecule has 0 radical (unpaired) electrons. The number of rotatable bonds is 6. The maximum Gasteiger partial charge on any atom is 0.222 e. The maximum atomic E-state index is 12.2. The van der Waals surface area contributed by atoms with Crippen molar-refractivity contribution in [3.63, 3.8) is 0 Å². The molecule has 0 saturated carbocycles. The van der Waals surface area contributed by atoms with Gasteiger partial charge in [-0.25, -0.2) is 0 Å². The van der Waals surface area contributed by atoms with Gasteiger partial charge in [-0.2, -0.15) is 0 Å². The SMILES string of the molecule is CN1C2CCC1CN(C(=O)CCCCCCN)CC2. The lowest BCUT2D eigenvalue weighted by atomic mass is 10.1. The molecule has 2 unspecified atom stereocenters. The summed E-state index contributed by atoms with van der Waals surface area (Å²) in [5.41, 5.74) is 5.47. The van der Waals surface area contributed by atoms with Crippen LogP contribution in [0.5, 0.6) is 0 Å². The van der Waals surface area contributed by atoms with Gasteiger partial charge in [0.15, 0.2) is 0 Å². The van der Waals surface area contributed by atoms with Gasteiger partial charge in [0.25, 0.3) is 0 Å². The van der Waals surface area contributed by atoms with Crippen molar-refractivity contribution in [1.29, 1.82) is 0 Å². The summed E-state index contributed by atoms with van der Waals surface area (Å²) in [6, 6.07) is 1.32. The van der Waals surface area contributed by atoms with E-state index in [1.165, 1.54) is 12.8 Å². The fourth-order valence-electron chi connectivity index (χ4n) is 3.47. The van der Waals surface area contributed by atoms with E-state index in [4.69, 9.17) is 5.73 Å². The van der Waals surface area contributed by atoms with Crippen LogP contribution in [0.4, 0.5) is 0 Å². The number of amides is 1. The molecule has 4 nitrogen and oxygen atoms in total. The minimum Gasteiger partial charge on any atom is -0.341 e. The van der Waals surface area contributed by atoms with Crippen LogP contribution in [0.1, 0.15) is 51.4 Å². The summed E-state index contributed by atoms with van der Waals surface area (Å²) in [4.78, 5) is 16.9. The van der Waals surface area contributed by atoms with Gasteiger partial charge < -0.3 is 10.6 Å². The van der Waals surface area contributed by atoms with Crippen molar-refractivity contribution < 1.29 is 4.79 Å². The van der Waals surface area contributed by atoms with Gasteiger partial charge in [0.05, 0.1) is 0 Å². The van der Waals surface area contributed by atoms with Crippen LogP contribution in [0.25, 0.3) is 0 Å². The average Bonchev–Trinajstić information content (AvgIpc) is 2.62. The van der Waals surface area contributed by atoms with Crippen LogP contribution in [0.2, 0.25) is 0 Å². The van der Waals surface area contributed by atoms with Gasteiger partial charge in [-0.15, -0.1) is 0 Å². The predicted molar refractivity (Wildman–Crippen MR) is 77.9 cm³/mol. The molecule has 2 bridgehead atoms. The molecule has 19 heavy (non-hydrogen) atoms. The van der Waals surface area contributed by atoms with E-state index >= 15 is 0 Å². The number of hydrogen-bond acceptors (Lipinski definition) is 3. The van der Waals surface area contributed by atoms with Gasteiger partial charge >= 0.3 is 0 Å². The van der Waals surface area contributed by atoms with Crippen LogP contribution in [-0.2, 0) is 4.79 Å². The topological polar surface area (TPSA) is 49.6 Å². The molecule has 2 aliphatic heterocycles. The molecule has 2 saturated heterocycles. The highest BCUT2D eigenvalue weighted by Crippen LogP contribution is 2.28. The van der Waals surface area contributed by atoms with Gasteiger partial charge in [0, 0.05) is 31.6 Å². The number of carbonyl (C=O) groups excluding carboxylic acids is 1. The zero-order valence-electron chi connectivity index (χ0n) is 12.3. The van der Waals surface area contributed by atoms with E-state index < -0.39 is 0 Å². The zero-order valence-corrected chi connectivity index (χ0v) is 12.3. The van der Waals surface area contributed by atoms with E-state index in [0.717, 1.165) is 58.2 Å². The average molecular weight is 267 g/mol. The van der Waals surface area contributed by atoms with Crippen molar-refractivity contribution in [2.75, 3.05) is 26.7 Å². The number of carbonyl (C=O) groups is 1. The third-order valence-corrected chi connectivity index (χ3v) is 4.85. The Kier molecular flexibility index (Phi) is 5.64. The summed E-state index contributed by atoms with van der Waals surface area (Å²) < 4.78 is 0. The Hall–Kier alpha value is -0.610. The first-order valence-electron chi connectivity index (χ1n) is 7.92. The number of nitrogens with zero attached hydrogens (tertiary/aromatic N) is 2. The first-order chi connectivity index (χ1) is 9.22. The molecule has 2 fully saturated rings. The number of likely N-dealkylation sites (tertiary alicyclic amines) is 1. The van der Waals surface area contributed by atoms with Crippen molar-refractivity contribution in [3.8, 4) is 0 Å². The molecule has 0 aromatic carbocycles. The predicted octanol–water partition coefficient (Wildman–Crippen LogP) is 1.59. The molecule has 0 aromatic rings. The number of hydrogen-bond donors (Lipinski definition) is 1. The van der Waals surface area contributed by atoms with Crippen LogP contribution in [-0.4, -0.2) is 54.5 Å². The summed E-state index contributed by atoms with van der Waals surface area (Å²) in [5.74, 6) is 0.369. The normalized spacial score (nSPS) is 27.6.